The lowest BCUT2D eigenvalue weighted by atomic mass is 10.1. The maximum atomic E-state index is 11.1. The fourth-order valence-corrected chi connectivity index (χ4v) is 1.45. The Bertz CT molecular complexity index is 523. The molecule has 2 rings (SSSR count). The van der Waals surface area contributed by atoms with Gasteiger partial charge in [0.05, 0.1) is 11.3 Å². The van der Waals surface area contributed by atoms with Crippen molar-refractivity contribution in [3.8, 4) is 11.3 Å². The van der Waals surface area contributed by atoms with Crippen LogP contribution in [0.2, 0.25) is 0 Å². The van der Waals surface area contributed by atoms with Gasteiger partial charge in [0.1, 0.15) is 0 Å². The average molecular weight is 213 g/mol. The lowest BCUT2D eigenvalue weighted by Crippen LogP contribution is -2.11. The fraction of sp³-hybridized carbons (Fsp3) is 0.0833. The van der Waals surface area contributed by atoms with Crippen LogP contribution in [-0.4, -0.2) is 15.9 Å². The van der Waals surface area contributed by atoms with Crippen molar-refractivity contribution in [3.05, 3.63) is 47.9 Å². The maximum Gasteiger partial charge on any atom is 0.250 e. The van der Waals surface area contributed by atoms with Crippen LogP contribution in [0.5, 0.6) is 0 Å². The number of amides is 1. The number of rotatable bonds is 2. The van der Waals surface area contributed by atoms with Crippen LogP contribution in [0.25, 0.3) is 11.3 Å². The maximum absolute atomic E-state index is 11.1. The summed E-state index contributed by atoms with van der Waals surface area (Å²) < 4.78 is 0. The van der Waals surface area contributed by atoms with Crippen LogP contribution in [0.15, 0.2) is 36.7 Å². The molecule has 4 nitrogen and oxygen atoms in total. The van der Waals surface area contributed by atoms with Crippen molar-refractivity contribution in [2.45, 2.75) is 6.92 Å². The highest BCUT2D eigenvalue weighted by Gasteiger charge is 2.08. The van der Waals surface area contributed by atoms with Crippen molar-refractivity contribution in [2.24, 2.45) is 5.73 Å². The number of nitrogens with zero attached hydrogens (tertiary/aromatic N) is 2. The van der Waals surface area contributed by atoms with Gasteiger partial charge in [0.2, 0.25) is 5.91 Å². The van der Waals surface area contributed by atoms with Crippen LogP contribution in [0.3, 0.4) is 0 Å². The molecule has 0 atom stereocenters. The fourth-order valence-electron chi connectivity index (χ4n) is 1.45. The molecule has 4 heteroatoms. The summed E-state index contributed by atoms with van der Waals surface area (Å²) in [6, 6.07) is 7.31. The summed E-state index contributed by atoms with van der Waals surface area (Å²) in [4.78, 5) is 19.4. The molecule has 0 saturated carbocycles. The first-order valence-electron chi connectivity index (χ1n) is 4.86. The molecule has 0 unspecified atom stereocenters. The molecule has 1 amide bonds. The van der Waals surface area contributed by atoms with Gasteiger partial charge in [-0.3, -0.25) is 14.8 Å². The summed E-state index contributed by atoms with van der Waals surface area (Å²) in [5.41, 5.74) is 8.05. The number of hydrogen-bond acceptors (Lipinski definition) is 3. The SMILES string of the molecule is Cc1ncc(C(N)=O)cc1-c1ccccn1. The number of nitrogens with two attached hydrogens (primary N) is 1. The smallest absolute Gasteiger partial charge is 0.250 e. The van der Waals surface area contributed by atoms with E-state index in [4.69, 9.17) is 5.73 Å². The highest BCUT2D eigenvalue weighted by molar-refractivity contribution is 5.93. The second-order valence-electron chi connectivity index (χ2n) is 3.44. The van der Waals surface area contributed by atoms with Gasteiger partial charge in [-0.15, -0.1) is 0 Å². The second-order valence-corrected chi connectivity index (χ2v) is 3.44. The van der Waals surface area contributed by atoms with Crippen LogP contribution in [-0.2, 0) is 0 Å². The van der Waals surface area contributed by atoms with Gasteiger partial charge in [0.25, 0.3) is 0 Å². The quantitative estimate of drug-likeness (QED) is 0.822. The molecule has 0 radical (unpaired) electrons. The zero-order chi connectivity index (χ0) is 11.5. The van der Waals surface area contributed by atoms with Gasteiger partial charge in [-0.25, -0.2) is 0 Å². The Morgan fingerprint density at radius 2 is 2.12 bits per heavy atom. The average Bonchev–Trinajstić information content (AvgIpc) is 2.30. The van der Waals surface area contributed by atoms with E-state index in [1.165, 1.54) is 6.20 Å². The second kappa shape index (κ2) is 4.10. The minimum absolute atomic E-state index is 0.395. The van der Waals surface area contributed by atoms with Crippen LogP contribution in [0.4, 0.5) is 0 Å². The number of hydrogen-bond donors (Lipinski definition) is 1. The topological polar surface area (TPSA) is 68.9 Å². The van der Waals surface area contributed by atoms with Gasteiger partial charge in [0.15, 0.2) is 0 Å². The Kier molecular flexibility index (Phi) is 2.64. The third-order valence-electron chi connectivity index (χ3n) is 2.31. The molecular weight excluding hydrogens is 202 g/mol. The molecule has 0 saturated heterocycles. The molecule has 2 aromatic rings. The van der Waals surface area contributed by atoms with E-state index in [9.17, 15) is 4.79 Å². The van der Waals surface area contributed by atoms with E-state index in [1.54, 1.807) is 12.3 Å². The molecule has 0 bridgehead atoms. The summed E-state index contributed by atoms with van der Waals surface area (Å²) in [5.74, 6) is -0.482. The highest BCUT2D eigenvalue weighted by Crippen LogP contribution is 2.20. The van der Waals surface area contributed by atoms with E-state index in [-0.39, 0.29) is 0 Å². The van der Waals surface area contributed by atoms with Crippen molar-refractivity contribution in [1.29, 1.82) is 0 Å². The molecule has 0 aliphatic heterocycles. The van der Waals surface area contributed by atoms with Crippen molar-refractivity contribution in [2.75, 3.05) is 0 Å². The first-order valence-corrected chi connectivity index (χ1v) is 4.86. The molecule has 0 fully saturated rings. The Morgan fingerprint density at radius 1 is 1.31 bits per heavy atom. The molecule has 0 aliphatic rings. The monoisotopic (exact) mass is 213 g/mol. The summed E-state index contributed by atoms with van der Waals surface area (Å²) in [5, 5.41) is 0. The van der Waals surface area contributed by atoms with Gasteiger partial charge < -0.3 is 5.73 Å². The number of primary amides is 1. The van der Waals surface area contributed by atoms with E-state index >= 15 is 0 Å². The normalized spacial score (nSPS) is 10.1. The minimum atomic E-state index is -0.482. The number of carbonyl (C=O) groups excluding carboxylic acids is 1. The van der Waals surface area contributed by atoms with Crippen molar-refractivity contribution in [1.82, 2.24) is 9.97 Å². The highest BCUT2D eigenvalue weighted by atomic mass is 16.1. The van der Waals surface area contributed by atoms with Crippen molar-refractivity contribution >= 4 is 5.91 Å². The third kappa shape index (κ3) is 1.91. The lowest BCUT2D eigenvalue weighted by molar-refractivity contribution is 0.1000. The molecule has 16 heavy (non-hydrogen) atoms. The van der Waals surface area contributed by atoms with E-state index < -0.39 is 5.91 Å². The number of carbonyl (C=O) groups is 1. The Hall–Kier alpha value is -2.23. The van der Waals surface area contributed by atoms with Gasteiger partial charge in [0, 0.05) is 23.7 Å². The number of aromatic nitrogens is 2. The van der Waals surface area contributed by atoms with Gasteiger partial charge in [-0.05, 0) is 25.1 Å². The molecule has 0 spiro atoms. The zero-order valence-electron chi connectivity index (χ0n) is 8.84. The Balaban J connectivity index is 2.56. The molecule has 2 heterocycles. The van der Waals surface area contributed by atoms with Gasteiger partial charge in [-0.1, -0.05) is 6.07 Å². The zero-order valence-corrected chi connectivity index (χ0v) is 8.84. The Labute approximate surface area is 93.2 Å². The Morgan fingerprint density at radius 3 is 2.75 bits per heavy atom. The van der Waals surface area contributed by atoms with E-state index in [1.807, 2.05) is 25.1 Å². The molecule has 80 valence electrons. The van der Waals surface area contributed by atoms with Crippen LogP contribution < -0.4 is 5.73 Å². The van der Waals surface area contributed by atoms with Crippen LogP contribution >= 0.6 is 0 Å². The number of pyridine rings is 2. The first-order chi connectivity index (χ1) is 7.68. The summed E-state index contributed by atoms with van der Waals surface area (Å²) >= 11 is 0. The van der Waals surface area contributed by atoms with Crippen molar-refractivity contribution < 1.29 is 4.79 Å². The first kappa shape index (κ1) is 10.3. The standard InChI is InChI=1S/C12H11N3O/c1-8-10(11-4-2-3-5-14-11)6-9(7-15-8)12(13)16/h2-7H,1H3,(H2,13,16). The molecule has 2 aromatic heterocycles. The van der Waals surface area contributed by atoms with Crippen molar-refractivity contribution in [3.63, 3.8) is 0 Å². The molecule has 0 aromatic carbocycles. The van der Waals surface area contributed by atoms with Crippen LogP contribution in [0.1, 0.15) is 16.1 Å². The molecule has 2 N–H and O–H groups in total. The van der Waals surface area contributed by atoms with Gasteiger partial charge in [-0.2, -0.15) is 0 Å². The van der Waals surface area contributed by atoms with E-state index in [0.717, 1.165) is 17.0 Å². The summed E-state index contributed by atoms with van der Waals surface area (Å²) in [6.45, 7) is 1.87. The van der Waals surface area contributed by atoms with E-state index in [0.29, 0.717) is 5.56 Å². The number of aryl methyl sites for hydroxylation is 1. The molecule has 0 aliphatic carbocycles. The predicted octanol–water partition coefficient (Wildman–Crippen LogP) is 1.55. The largest absolute Gasteiger partial charge is 0.366 e. The molecular formula is C12H11N3O. The minimum Gasteiger partial charge on any atom is -0.366 e. The predicted molar refractivity (Wildman–Crippen MR) is 60.7 cm³/mol. The third-order valence-corrected chi connectivity index (χ3v) is 2.31. The van der Waals surface area contributed by atoms with E-state index in [2.05, 4.69) is 9.97 Å². The summed E-state index contributed by atoms with van der Waals surface area (Å²) in [7, 11) is 0. The lowest BCUT2D eigenvalue weighted by Gasteiger charge is -2.05. The van der Waals surface area contributed by atoms with Gasteiger partial charge >= 0.3 is 0 Å². The summed E-state index contributed by atoms with van der Waals surface area (Å²) in [6.07, 6.45) is 3.18. The van der Waals surface area contributed by atoms with Crippen LogP contribution in [0, 0.1) is 6.92 Å².